The van der Waals surface area contributed by atoms with E-state index in [0.717, 1.165) is 5.56 Å². The zero-order valence-corrected chi connectivity index (χ0v) is 11.6. The summed E-state index contributed by atoms with van der Waals surface area (Å²) in [6.07, 6.45) is 1.57. The van der Waals surface area contributed by atoms with E-state index in [1.807, 2.05) is 0 Å². The van der Waals surface area contributed by atoms with Crippen molar-refractivity contribution in [2.24, 2.45) is 17.6 Å². The van der Waals surface area contributed by atoms with Crippen molar-refractivity contribution >= 4 is 29.0 Å². The van der Waals surface area contributed by atoms with Crippen LogP contribution in [0.1, 0.15) is 25.1 Å². The molecule has 19 heavy (non-hydrogen) atoms. The Morgan fingerprint density at radius 2 is 1.95 bits per heavy atom. The summed E-state index contributed by atoms with van der Waals surface area (Å²) in [5, 5.41) is 0. The first-order valence-electron chi connectivity index (χ1n) is 6.01. The predicted molar refractivity (Wildman–Crippen MR) is 74.0 cm³/mol. The van der Waals surface area contributed by atoms with Crippen LogP contribution in [0.4, 0.5) is 0 Å². The number of pyridine rings is 1. The lowest BCUT2D eigenvalue weighted by atomic mass is 10.00. The maximum absolute atomic E-state index is 12.0. The standard InChI is InChI=1S/C13H15N3O2S/c1-7-8(2)13(18)16(12(7)17)6-9-3-4-15-10(5-9)11(14)19/h3-5,7-8H,6H2,1-2H3,(H2,14,19). The summed E-state index contributed by atoms with van der Waals surface area (Å²) in [6.45, 7) is 3.79. The molecule has 6 heteroatoms. The lowest BCUT2D eigenvalue weighted by Crippen LogP contribution is -2.30. The molecule has 1 aliphatic rings. The lowest BCUT2D eigenvalue weighted by Gasteiger charge is -2.14. The number of likely N-dealkylation sites (tertiary alicyclic amines) is 1. The predicted octanol–water partition coefficient (Wildman–Crippen LogP) is 0.857. The number of hydrogen-bond donors (Lipinski definition) is 1. The first kappa shape index (κ1) is 13.6. The van der Waals surface area contributed by atoms with Crippen LogP contribution in [0, 0.1) is 11.8 Å². The van der Waals surface area contributed by atoms with Crippen LogP contribution in [0.5, 0.6) is 0 Å². The smallest absolute Gasteiger partial charge is 0.233 e. The maximum Gasteiger partial charge on any atom is 0.233 e. The van der Waals surface area contributed by atoms with Gasteiger partial charge in [-0.3, -0.25) is 19.5 Å². The van der Waals surface area contributed by atoms with Crippen molar-refractivity contribution in [3.05, 3.63) is 29.6 Å². The highest BCUT2D eigenvalue weighted by Crippen LogP contribution is 2.26. The third-order valence-electron chi connectivity index (χ3n) is 3.48. The Morgan fingerprint density at radius 3 is 2.47 bits per heavy atom. The topological polar surface area (TPSA) is 76.3 Å². The van der Waals surface area contributed by atoms with Crippen molar-refractivity contribution in [3.8, 4) is 0 Å². The van der Waals surface area contributed by atoms with Crippen molar-refractivity contribution in [2.75, 3.05) is 0 Å². The summed E-state index contributed by atoms with van der Waals surface area (Å²) < 4.78 is 0. The van der Waals surface area contributed by atoms with E-state index in [9.17, 15) is 9.59 Å². The van der Waals surface area contributed by atoms with E-state index in [1.54, 1.807) is 32.2 Å². The zero-order chi connectivity index (χ0) is 14.2. The molecule has 1 aromatic heterocycles. The van der Waals surface area contributed by atoms with Gasteiger partial charge in [-0.05, 0) is 17.7 Å². The van der Waals surface area contributed by atoms with Crippen LogP contribution in [0.2, 0.25) is 0 Å². The number of rotatable bonds is 3. The van der Waals surface area contributed by atoms with Gasteiger partial charge in [-0.1, -0.05) is 26.1 Å². The number of nitrogens with zero attached hydrogens (tertiary/aromatic N) is 2. The quantitative estimate of drug-likeness (QED) is 0.655. The fourth-order valence-electron chi connectivity index (χ4n) is 2.07. The van der Waals surface area contributed by atoms with E-state index >= 15 is 0 Å². The van der Waals surface area contributed by atoms with Crippen molar-refractivity contribution in [1.82, 2.24) is 9.88 Å². The molecule has 2 heterocycles. The molecule has 0 aliphatic carbocycles. The third-order valence-corrected chi connectivity index (χ3v) is 3.69. The van der Waals surface area contributed by atoms with Gasteiger partial charge in [-0.25, -0.2) is 0 Å². The molecule has 2 atom stereocenters. The zero-order valence-electron chi connectivity index (χ0n) is 10.8. The highest BCUT2D eigenvalue weighted by Gasteiger charge is 2.41. The summed E-state index contributed by atoms with van der Waals surface area (Å²) in [5.74, 6) is -0.786. The Bertz CT molecular complexity index is 539. The SMILES string of the molecule is CC1C(=O)N(Cc2ccnc(C(N)=S)c2)C(=O)C1C. The number of aromatic nitrogens is 1. The summed E-state index contributed by atoms with van der Waals surface area (Å²) in [4.78, 5) is 29.5. The Morgan fingerprint density at radius 1 is 1.37 bits per heavy atom. The Balaban J connectivity index is 2.22. The fraction of sp³-hybridized carbons (Fsp3) is 0.385. The molecule has 1 saturated heterocycles. The number of nitrogens with two attached hydrogens (primary N) is 1. The average Bonchev–Trinajstić information content (AvgIpc) is 2.57. The van der Waals surface area contributed by atoms with E-state index in [2.05, 4.69) is 4.98 Å². The van der Waals surface area contributed by atoms with Gasteiger partial charge in [0, 0.05) is 18.0 Å². The highest BCUT2D eigenvalue weighted by atomic mass is 32.1. The normalized spacial score (nSPS) is 22.9. The van der Waals surface area contributed by atoms with Gasteiger partial charge in [0.25, 0.3) is 0 Å². The van der Waals surface area contributed by atoms with Crippen molar-refractivity contribution < 1.29 is 9.59 Å². The minimum Gasteiger partial charge on any atom is -0.388 e. The number of carbonyl (C=O) groups is 2. The maximum atomic E-state index is 12.0. The molecule has 5 nitrogen and oxygen atoms in total. The summed E-state index contributed by atoms with van der Waals surface area (Å²) >= 11 is 4.86. The van der Waals surface area contributed by atoms with Gasteiger partial charge in [0.2, 0.25) is 11.8 Å². The molecule has 1 aliphatic heterocycles. The largest absolute Gasteiger partial charge is 0.388 e. The molecule has 2 amide bonds. The van der Waals surface area contributed by atoms with Gasteiger partial charge in [-0.2, -0.15) is 0 Å². The molecule has 0 spiro atoms. The molecule has 0 saturated carbocycles. The van der Waals surface area contributed by atoms with E-state index in [-0.39, 0.29) is 35.2 Å². The first-order valence-corrected chi connectivity index (χ1v) is 6.42. The van der Waals surface area contributed by atoms with Crippen LogP contribution in [-0.2, 0) is 16.1 Å². The number of thiocarbonyl (C=S) groups is 1. The van der Waals surface area contributed by atoms with E-state index in [0.29, 0.717) is 5.69 Å². The second-order valence-electron chi connectivity index (χ2n) is 4.75. The van der Waals surface area contributed by atoms with Gasteiger partial charge in [0.15, 0.2) is 0 Å². The van der Waals surface area contributed by atoms with Crippen LogP contribution >= 0.6 is 12.2 Å². The molecule has 1 aromatic rings. The Hall–Kier alpha value is -1.82. The second-order valence-corrected chi connectivity index (χ2v) is 5.19. The lowest BCUT2D eigenvalue weighted by molar-refractivity contribution is -0.140. The van der Waals surface area contributed by atoms with Gasteiger partial charge in [0.05, 0.1) is 12.2 Å². The molecule has 2 N–H and O–H groups in total. The highest BCUT2D eigenvalue weighted by molar-refractivity contribution is 7.80. The van der Waals surface area contributed by atoms with Crippen molar-refractivity contribution in [1.29, 1.82) is 0 Å². The Labute approximate surface area is 116 Å². The van der Waals surface area contributed by atoms with Crippen LogP contribution in [-0.4, -0.2) is 26.7 Å². The molecule has 0 aromatic carbocycles. The molecule has 0 bridgehead atoms. The molecule has 100 valence electrons. The molecule has 2 rings (SSSR count). The van der Waals surface area contributed by atoms with Crippen molar-refractivity contribution in [2.45, 2.75) is 20.4 Å². The molecular formula is C13H15N3O2S. The van der Waals surface area contributed by atoms with Crippen LogP contribution in [0.25, 0.3) is 0 Å². The fourth-order valence-corrected chi connectivity index (χ4v) is 2.19. The monoisotopic (exact) mass is 277 g/mol. The van der Waals surface area contributed by atoms with E-state index in [1.165, 1.54) is 4.90 Å². The molecular weight excluding hydrogens is 262 g/mol. The third kappa shape index (κ3) is 2.49. The number of amides is 2. The minimum atomic E-state index is -0.260. The average molecular weight is 277 g/mol. The van der Waals surface area contributed by atoms with Gasteiger partial charge in [0.1, 0.15) is 4.99 Å². The molecule has 0 radical (unpaired) electrons. The van der Waals surface area contributed by atoms with Crippen molar-refractivity contribution in [3.63, 3.8) is 0 Å². The Kier molecular flexibility index (Phi) is 3.61. The number of hydrogen-bond acceptors (Lipinski definition) is 4. The van der Waals surface area contributed by atoms with Gasteiger partial charge < -0.3 is 5.73 Å². The second kappa shape index (κ2) is 5.05. The molecule has 1 fully saturated rings. The molecule has 2 unspecified atom stereocenters. The minimum absolute atomic E-state index is 0.133. The van der Waals surface area contributed by atoms with E-state index in [4.69, 9.17) is 18.0 Å². The van der Waals surface area contributed by atoms with E-state index < -0.39 is 0 Å². The van der Waals surface area contributed by atoms with Gasteiger partial charge in [-0.15, -0.1) is 0 Å². The summed E-state index contributed by atoms with van der Waals surface area (Å²) in [7, 11) is 0. The van der Waals surface area contributed by atoms with Crippen LogP contribution in [0.15, 0.2) is 18.3 Å². The van der Waals surface area contributed by atoms with Crippen LogP contribution in [0.3, 0.4) is 0 Å². The number of carbonyl (C=O) groups excluding carboxylic acids is 2. The first-order chi connectivity index (χ1) is 8.91. The van der Waals surface area contributed by atoms with Crippen LogP contribution < -0.4 is 5.73 Å². The summed E-state index contributed by atoms with van der Waals surface area (Å²) in [6, 6.07) is 3.45. The van der Waals surface area contributed by atoms with Gasteiger partial charge >= 0.3 is 0 Å². The number of imide groups is 1. The summed E-state index contributed by atoms with van der Waals surface area (Å²) in [5.41, 5.74) is 6.80.